The third-order valence-electron chi connectivity index (χ3n) is 2.69. The van der Waals surface area contributed by atoms with Crippen LogP contribution in [0.4, 0.5) is 5.82 Å². The van der Waals surface area contributed by atoms with E-state index >= 15 is 0 Å². The molecule has 6 heteroatoms. The molecular formula is C14H16ClN3O2. The number of aliphatic hydroxyl groups excluding tert-OH is 1. The smallest absolute Gasteiger partial charge is 0.158 e. The summed E-state index contributed by atoms with van der Waals surface area (Å²) in [5.41, 5.74) is 1.98. The Labute approximate surface area is 122 Å². The molecule has 2 aromatic rings. The van der Waals surface area contributed by atoms with Crippen molar-refractivity contribution in [2.45, 2.75) is 19.8 Å². The van der Waals surface area contributed by atoms with E-state index in [1.54, 1.807) is 13.2 Å². The first-order valence-corrected chi connectivity index (χ1v) is 6.54. The lowest BCUT2D eigenvalue weighted by Gasteiger charge is -2.08. The van der Waals surface area contributed by atoms with Gasteiger partial charge in [-0.25, -0.2) is 9.97 Å². The molecular weight excluding hydrogens is 278 g/mol. The summed E-state index contributed by atoms with van der Waals surface area (Å²) in [5.74, 6) is 1.20. The van der Waals surface area contributed by atoms with Crippen LogP contribution in [0.15, 0.2) is 30.3 Å². The van der Waals surface area contributed by atoms with Crippen LogP contribution in [0, 0.1) is 0 Å². The number of nitrogens with one attached hydrogen (secondary N) is 1. The van der Waals surface area contributed by atoms with Gasteiger partial charge in [0.25, 0.3) is 0 Å². The first-order valence-electron chi connectivity index (χ1n) is 6.16. The van der Waals surface area contributed by atoms with Crippen LogP contribution in [0.3, 0.4) is 0 Å². The van der Waals surface area contributed by atoms with Crippen LogP contribution in [0.1, 0.15) is 17.0 Å². The first-order chi connectivity index (χ1) is 9.71. The molecule has 1 aromatic carbocycles. The Morgan fingerprint density at radius 2 is 1.90 bits per heavy atom. The molecule has 2 N–H and O–H groups in total. The predicted octanol–water partition coefficient (Wildman–Crippen LogP) is 2.38. The largest absolute Gasteiger partial charge is 0.392 e. The first kappa shape index (κ1) is 14.7. The van der Waals surface area contributed by atoms with Crippen molar-refractivity contribution in [1.82, 2.24) is 9.97 Å². The maximum absolute atomic E-state index is 8.99. The van der Waals surface area contributed by atoms with E-state index in [-0.39, 0.29) is 6.61 Å². The summed E-state index contributed by atoms with van der Waals surface area (Å²) in [6, 6.07) is 9.36. The number of nitrogens with zero attached hydrogens (tertiary/aromatic N) is 2. The maximum atomic E-state index is 8.99. The van der Waals surface area contributed by atoms with E-state index in [1.165, 1.54) is 0 Å². The average molecular weight is 294 g/mol. The molecule has 106 valence electrons. The molecule has 0 radical (unpaired) electrons. The van der Waals surface area contributed by atoms with Crippen LogP contribution in [-0.4, -0.2) is 22.2 Å². The van der Waals surface area contributed by atoms with Gasteiger partial charge in [0, 0.05) is 19.7 Å². The SMILES string of the molecule is COCc1nc(Cl)cc(NCc2ccc(CO)cc2)n1. The minimum Gasteiger partial charge on any atom is -0.392 e. The van der Waals surface area contributed by atoms with Gasteiger partial charge in [-0.05, 0) is 11.1 Å². The van der Waals surface area contributed by atoms with Gasteiger partial charge in [0.15, 0.2) is 5.82 Å². The van der Waals surface area contributed by atoms with Crippen molar-refractivity contribution in [3.05, 3.63) is 52.4 Å². The Hall–Kier alpha value is -1.69. The lowest BCUT2D eigenvalue weighted by atomic mass is 10.1. The van der Waals surface area contributed by atoms with Gasteiger partial charge in [-0.15, -0.1) is 0 Å². The number of methoxy groups -OCH3 is 1. The average Bonchev–Trinajstić information content (AvgIpc) is 2.45. The molecule has 5 nitrogen and oxygen atoms in total. The molecule has 1 heterocycles. The molecule has 0 saturated heterocycles. The summed E-state index contributed by atoms with van der Waals surface area (Å²) in [4.78, 5) is 8.36. The van der Waals surface area contributed by atoms with E-state index in [1.807, 2.05) is 24.3 Å². The van der Waals surface area contributed by atoms with Crippen LogP contribution in [0.25, 0.3) is 0 Å². The molecule has 1 aromatic heterocycles. The maximum Gasteiger partial charge on any atom is 0.158 e. The van der Waals surface area contributed by atoms with E-state index < -0.39 is 0 Å². The van der Waals surface area contributed by atoms with Gasteiger partial charge in [0.2, 0.25) is 0 Å². The van der Waals surface area contributed by atoms with Crippen LogP contribution < -0.4 is 5.32 Å². The Balaban J connectivity index is 2.02. The van der Waals surface area contributed by atoms with Crippen molar-refractivity contribution in [3.8, 4) is 0 Å². The van der Waals surface area contributed by atoms with E-state index in [9.17, 15) is 0 Å². The van der Waals surface area contributed by atoms with Crippen molar-refractivity contribution in [2.24, 2.45) is 0 Å². The van der Waals surface area contributed by atoms with Gasteiger partial charge < -0.3 is 15.2 Å². The molecule has 0 spiro atoms. The second kappa shape index (κ2) is 7.19. The van der Waals surface area contributed by atoms with Crippen molar-refractivity contribution >= 4 is 17.4 Å². The summed E-state index contributed by atoms with van der Waals surface area (Å²) < 4.78 is 4.99. The predicted molar refractivity (Wildman–Crippen MR) is 77.4 cm³/mol. The van der Waals surface area contributed by atoms with Crippen LogP contribution in [-0.2, 0) is 24.5 Å². The summed E-state index contributed by atoms with van der Waals surface area (Å²) in [5, 5.41) is 12.6. The molecule has 20 heavy (non-hydrogen) atoms. The molecule has 0 aliphatic rings. The summed E-state index contributed by atoms with van der Waals surface area (Å²) in [7, 11) is 1.58. The van der Waals surface area contributed by atoms with Gasteiger partial charge in [0.05, 0.1) is 6.61 Å². The molecule has 0 aliphatic carbocycles. The van der Waals surface area contributed by atoms with Crippen LogP contribution in [0.2, 0.25) is 5.15 Å². The molecule has 0 saturated carbocycles. The van der Waals surface area contributed by atoms with E-state index in [0.29, 0.717) is 29.9 Å². The Morgan fingerprint density at radius 1 is 1.20 bits per heavy atom. The monoisotopic (exact) mass is 293 g/mol. The molecule has 0 bridgehead atoms. The number of aromatic nitrogens is 2. The zero-order valence-electron chi connectivity index (χ0n) is 11.1. The fraction of sp³-hybridized carbons (Fsp3) is 0.286. The Morgan fingerprint density at radius 3 is 2.55 bits per heavy atom. The lowest BCUT2D eigenvalue weighted by molar-refractivity contribution is 0.178. The minimum atomic E-state index is 0.0512. The number of halogens is 1. The second-order valence-corrected chi connectivity index (χ2v) is 4.64. The fourth-order valence-electron chi connectivity index (χ4n) is 1.70. The number of rotatable bonds is 6. The van der Waals surface area contributed by atoms with Gasteiger partial charge in [-0.1, -0.05) is 35.9 Å². The summed E-state index contributed by atoms with van der Waals surface area (Å²) >= 11 is 5.93. The quantitative estimate of drug-likeness (QED) is 0.801. The van der Waals surface area contributed by atoms with E-state index in [4.69, 9.17) is 21.4 Å². The third-order valence-corrected chi connectivity index (χ3v) is 2.89. The number of benzene rings is 1. The molecule has 0 amide bonds. The zero-order chi connectivity index (χ0) is 14.4. The number of hydrogen-bond donors (Lipinski definition) is 2. The van der Waals surface area contributed by atoms with Gasteiger partial charge >= 0.3 is 0 Å². The number of aliphatic hydroxyl groups is 1. The fourth-order valence-corrected chi connectivity index (χ4v) is 1.90. The highest BCUT2D eigenvalue weighted by atomic mass is 35.5. The Bertz CT molecular complexity index is 561. The van der Waals surface area contributed by atoms with Crippen molar-refractivity contribution < 1.29 is 9.84 Å². The molecule has 2 rings (SSSR count). The van der Waals surface area contributed by atoms with Gasteiger partial charge in [-0.2, -0.15) is 0 Å². The molecule has 0 fully saturated rings. The highest BCUT2D eigenvalue weighted by Crippen LogP contribution is 2.13. The number of ether oxygens (including phenoxy) is 1. The van der Waals surface area contributed by atoms with Crippen molar-refractivity contribution in [2.75, 3.05) is 12.4 Å². The topological polar surface area (TPSA) is 67.3 Å². The minimum absolute atomic E-state index is 0.0512. The molecule has 0 atom stereocenters. The highest BCUT2D eigenvalue weighted by molar-refractivity contribution is 6.29. The zero-order valence-corrected chi connectivity index (χ0v) is 11.9. The number of hydrogen-bond acceptors (Lipinski definition) is 5. The molecule has 0 unspecified atom stereocenters. The molecule has 0 aliphatic heterocycles. The third kappa shape index (κ3) is 4.16. The van der Waals surface area contributed by atoms with E-state index in [0.717, 1.165) is 11.1 Å². The van der Waals surface area contributed by atoms with Gasteiger partial charge in [-0.3, -0.25) is 0 Å². The highest BCUT2D eigenvalue weighted by Gasteiger charge is 2.03. The second-order valence-electron chi connectivity index (χ2n) is 4.25. The van der Waals surface area contributed by atoms with E-state index in [2.05, 4.69) is 15.3 Å². The van der Waals surface area contributed by atoms with Crippen LogP contribution in [0.5, 0.6) is 0 Å². The van der Waals surface area contributed by atoms with Crippen molar-refractivity contribution in [1.29, 1.82) is 0 Å². The summed E-state index contributed by atoms with van der Waals surface area (Å²) in [6.07, 6.45) is 0. The van der Waals surface area contributed by atoms with Gasteiger partial charge in [0.1, 0.15) is 17.6 Å². The number of anilines is 1. The standard InChI is InChI=1S/C14H16ClN3O2/c1-20-9-14-17-12(15)6-13(18-14)16-7-10-2-4-11(8-19)5-3-10/h2-6,19H,7-9H2,1H3,(H,16,17,18). The normalized spacial score (nSPS) is 10.6. The Kier molecular flexibility index (Phi) is 5.29. The van der Waals surface area contributed by atoms with Crippen molar-refractivity contribution in [3.63, 3.8) is 0 Å². The van der Waals surface area contributed by atoms with Crippen LogP contribution >= 0.6 is 11.6 Å². The summed E-state index contributed by atoms with van der Waals surface area (Å²) in [6.45, 7) is 0.988. The lowest BCUT2D eigenvalue weighted by Crippen LogP contribution is -2.05.